The Hall–Kier alpha value is 1.64. The van der Waals surface area contributed by atoms with E-state index in [1.807, 2.05) is 0 Å². The Balaban J connectivity index is -0.0000000800. The van der Waals surface area contributed by atoms with E-state index in [4.69, 9.17) is 19.2 Å². The molecular weight excluding hydrogens is 145 g/mol. The van der Waals surface area contributed by atoms with Crippen LogP contribution in [0.25, 0.3) is 0 Å². The fraction of sp³-hybridized carbons (Fsp3) is 0. The zero-order valence-electron chi connectivity index (χ0n) is 2.66. The van der Waals surface area contributed by atoms with Gasteiger partial charge in [-0.1, -0.05) is 0 Å². The van der Waals surface area contributed by atoms with Gasteiger partial charge in [-0.3, -0.25) is 0 Å². The second-order valence-electron chi connectivity index (χ2n) is 0.447. The molecule has 0 bridgehead atoms. The van der Waals surface area contributed by atoms with Crippen LogP contribution in [0.1, 0.15) is 0 Å². The minimum atomic E-state index is -5.39. The van der Waals surface area contributed by atoms with E-state index in [-0.39, 0.29) is 46.9 Å². The van der Waals surface area contributed by atoms with Crippen LogP contribution in [0.4, 0.5) is 0 Å². The standard InChI is InChI=1S/Al.Na.H3O4P.H/c;;1-5(2,3)4;/h;;(H3,1,2,3,4);/q+3;;;/p-3. The predicted octanol–water partition coefficient (Wildman–Crippen LogP) is -3.85. The van der Waals surface area contributed by atoms with Crippen LogP contribution in [-0.2, 0) is 4.57 Å². The third kappa shape index (κ3) is 90.2. The Bertz CT molecular complexity index is 57.8. The van der Waals surface area contributed by atoms with Crippen molar-refractivity contribution in [3.8, 4) is 0 Å². The first kappa shape index (κ1) is 15.9. The van der Waals surface area contributed by atoms with Gasteiger partial charge in [-0.2, -0.15) is 7.82 Å². The fourth-order valence-corrected chi connectivity index (χ4v) is 0. The molecule has 0 aliphatic heterocycles. The summed E-state index contributed by atoms with van der Waals surface area (Å²) in [5.41, 5.74) is 0. The van der Waals surface area contributed by atoms with Gasteiger partial charge < -0.3 is 19.2 Å². The SMILES string of the molecule is O=P([O-])([O-])[O-].[Al+3].[NaH]. The second kappa shape index (κ2) is 5.77. The quantitative estimate of drug-likeness (QED) is 0.258. The first-order valence-electron chi connectivity index (χ1n) is 0.730. The summed E-state index contributed by atoms with van der Waals surface area (Å²) in [5.74, 6) is 0. The van der Waals surface area contributed by atoms with Crippen LogP contribution in [-0.4, -0.2) is 46.9 Å². The van der Waals surface area contributed by atoms with E-state index < -0.39 is 7.82 Å². The van der Waals surface area contributed by atoms with E-state index in [1.54, 1.807) is 0 Å². The summed E-state index contributed by atoms with van der Waals surface area (Å²) in [6.45, 7) is 0. The van der Waals surface area contributed by atoms with E-state index >= 15 is 0 Å². The van der Waals surface area contributed by atoms with Gasteiger partial charge in [0.05, 0.1) is 0 Å². The number of hydrogen-bond acceptors (Lipinski definition) is 4. The molecule has 0 heterocycles. The van der Waals surface area contributed by atoms with E-state index in [0.717, 1.165) is 0 Å². The number of rotatable bonds is 0. The molecule has 0 saturated heterocycles. The third-order valence-electron chi connectivity index (χ3n) is 0. The molecule has 0 rings (SSSR count). The summed E-state index contributed by atoms with van der Waals surface area (Å²) < 4.78 is 8.55. The van der Waals surface area contributed by atoms with Crippen LogP contribution in [0.15, 0.2) is 0 Å². The van der Waals surface area contributed by atoms with Crippen LogP contribution in [0, 0.1) is 0 Å². The molecule has 0 saturated carbocycles. The van der Waals surface area contributed by atoms with Crippen LogP contribution in [0.5, 0.6) is 0 Å². The molecule has 0 aliphatic rings. The van der Waals surface area contributed by atoms with Crippen molar-refractivity contribution in [2.24, 2.45) is 0 Å². The molecule has 0 fully saturated rings. The molecule has 34 valence electrons. The fourth-order valence-electron chi connectivity index (χ4n) is 0. The summed E-state index contributed by atoms with van der Waals surface area (Å²) >= 11 is 0. The predicted molar refractivity (Wildman–Crippen MR) is 20.5 cm³/mol. The minimum absolute atomic E-state index is 0. The summed E-state index contributed by atoms with van der Waals surface area (Å²) in [7, 11) is -5.39. The van der Waals surface area contributed by atoms with Gasteiger partial charge in [0.2, 0.25) is 0 Å². The summed E-state index contributed by atoms with van der Waals surface area (Å²) in [5, 5.41) is 0. The Labute approximate surface area is 73.6 Å². The van der Waals surface area contributed by atoms with Crippen molar-refractivity contribution in [3.63, 3.8) is 0 Å². The van der Waals surface area contributed by atoms with Gasteiger partial charge >= 0.3 is 46.9 Å². The molecule has 7 heavy (non-hydrogen) atoms. The van der Waals surface area contributed by atoms with Crippen molar-refractivity contribution in [2.45, 2.75) is 0 Å². The molecule has 4 nitrogen and oxygen atoms in total. The van der Waals surface area contributed by atoms with Gasteiger partial charge in [0.15, 0.2) is 0 Å². The summed E-state index contributed by atoms with van der Waals surface area (Å²) in [6, 6.07) is 0. The summed E-state index contributed by atoms with van der Waals surface area (Å²) in [6.07, 6.45) is 0. The zero-order valence-corrected chi connectivity index (χ0v) is 4.71. The maximum absolute atomic E-state index is 8.55. The first-order chi connectivity index (χ1) is 2.00. The second-order valence-corrected chi connectivity index (χ2v) is 1.34. The van der Waals surface area contributed by atoms with E-state index in [9.17, 15) is 0 Å². The van der Waals surface area contributed by atoms with E-state index in [0.29, 0.717) is 0 Å². The molecule has 0 radical (unpaired) electrons. The van der Waals surface area contributed by atoms with Gasteiger partial charge in [-0.05, 0) is 0 Å². The molecule has 0 aromatic rings. The Morgan fingerprint density at radius 2 is 1.14 bits per heavy atom. The van der Waals surface area contributed by atoms with Crippen LogP contribution in [0.2, 0.25) is 0 Å². The normalized spacial score (nSPS) is 8.43. The molecule has 0 atom stereocenters. The van der Waals surface area contributed by atoms with Gasteiger partial charge in [-0.25, -0.2) is 0 Å². The van der Waals surface area contributed by atoms with Crippen molar-refractivity contribution < 1.29 is 19.2 Å². The van der Waals surface area contributed by atoms with Crippen molar-refractivity contribution >= 4 is 54.7 Å². The Morgan fingerprint density at radius 1 is 1.14 bits per heavy atom. The molecule has 7 heteroatoms. The molecule has 0 amide bonds. The molecule has 0 aliphatic carbocycles. The van der Waals surface area contributed by atoms with E-state index in [2.05, 4.69) is 0 Å². The van der Waals surface area contributed by atoms with Crippen LogP contribution < -0.4 is 14.7 Å². The Morgan fingerprint density at radius 3 is 1.14 bits per heavy atom. The molecule has 0 aromatic heterocycles. The molecule has 0 unspecified atom stereocenters. The van der Waals surface area contributed by atoms with Gasteiger partial charge in [0, 0.05) is 0 Å². The maximum atomic E-state index is 8.55. The average Bonchev–Trinajstić information content (AvgIpc) is 0.722. The van der Waals surface area contributed by atoms with Crippen molar-refractivity contribution in [2.75, 3.05) is 0 Å². The molecule has 0 spiro atoms. The molecular formula is HAlNaO4P. The molecule has 0 N–H and O–H groups in total. The number of phosphoric acid groups is 1. The topological polar surface area (TPSA) is 86.2 Å². The van der Waals surface area contributed by atoms with Crippen LogP contribution in [0.3, 0.4) is 0 Å². The average molecular weight is 146 g/mol. The number of hydrogen-bond donors (Lipinski definition) is 0. The van der Waals surface area contributed by atoms with Gasteiger partial charge in [0.1, 0.15) is 0 Å². The summed E-state index contributed by atoms with van der Waals surface area (Å²) in [4.78, 5) is 25.6. The monoisotopic (exact) mass is 146 g/mol. The van der Waals surface area contributed by atoms with Crippen molar-refractivity contribution in [1.82, 2.24) is 0 Å². The Kier molecular flexibility index (Phi) is 13.1. The molecule has 0 aromatic carbocycles. The van der Waals surface area contributed by atoms with Crippen LogP contribution >= 0.6 is 7.82 Å². The first-order valence-corrected chi connectivity index (χ1v) is 2.19. The van der Waals surface area contributed by atoms with E-state index in [1.165, 1.54) is 0 Å². The van der Waals surface area contributed by atoms with Crippen molar-refractivity contribution in [3.05, 3.63) is 0 Å². The zero-order chi connectivity index (χ0) is 4.50. The van der Waals surface area contributed by atoms with Gasteiger partial charge in [0.25, 0.3) is 0 Å². The van der Waals surface area contributed by atoms with Gasteiger partial charge in [-0.15, -0.1) is 0 Å². The van der Waals surface area contributed by atoms with Crippen molar-refractivity contribution in [1.29, 1.82) is 0 Å². The third-order valence-corrected chi connectivity index (χ3v) is 0.